The lowest BCUT2D eigenvalue weighted by Crippen LogP contribution is -2.54. The number of thioether (sulfide) groups is 1. The zero-order valence-electron chi connectivity index (χ0n) is 16.3. The van der Waals surface area contributed by atoms with Crippen LogP contribution in [0.1, 0.15) is 63.2 Å². The van der Waals surface area contributed by atoms with Gasteiger partial charge in [0.2, 0.25) is 5.91 Å². The van der Waals surface area contributed by atoms with E-state index in [0.717, 1.165) is 12.8 Å². The molecule has 4 nitrogen and oxygen atoms in total. The summed E-state index contributed by atoms with van der Waals surface area (Å²) in [4.78, 5) is 27.9. The third-order valence-corrected chi connectivity index (χ3v) is 6.66. The van der Waals surface area contributed by atoms with Gasteiger partial charge in [-0.1, -0.05) is 25.3 Å². The highest BCUT2D eigenvalue weighted by atomic mass is 32.2. The first kappa shape index (κ1) is 20.2. The lowest BCUT2D eigenvalue weighted by atomic mass is 9.88. The average Bonchev–Trinajstić information content (AvgIpc) is 3.05. The van der Waals surface area contributed by atoms with Crippen molar-refractivity contribution in [2.45, 2.75) is 69.8 Å². The lowest BCUT2D eigenvalue weighted by Gasteiger charge is -2.36. The van der Waals surface area contributed by atoms with Crippen LogP contribution in [-0.4, -0.2) is 39.4 Å². The molecule has 0 spiro atoms. The second-order valence-electron chi connectivity index (χ2n) is 8.60. The van der Waals surface area contributed by atoms with Gasteiger partial charge in [0.1, 0.15) is 11.9 Å². The van der Waals surface area contributed by atoms with Gasteiger partial charge in [-0.2, -0.15) is 0 Å². The fraction of sp³-hybridized carbons (Fsp3) is 0.619. The van der Waals surface area contributed by atoms with E-state index in [9.17, 15) is 14.0 Å². The quantitative estimate of drug-likeness (QED) is 0.839. The Bertz CT molecular complexity index is 698. The molecule has 2 atom stereocenters. The molecule has 1 saturated carbocycles. The van der Waals surface area contributed by atoms with Crippen molar-refractivity contribution < 1.29 is 14.0 Å². The van der Waals surface area contributed by atoms with Gasteiger partial charge >= 0.3 is 0 Å². The molecular weight excluding hydrogens is 363 g/mol. The largest absolute Gasteiger partial charge is 0.350 e. The molecule has 6 heteroatoms. The Hall–Kier alpha value is -1.56. The molecule has 0 bridgehead atoms. The summed E-state index contributed by atoms with van der Waals surface area (Å²) in [5, 5.41) is 3.00. The predicted molar refractivity (Wildman–Crippen MR) is 107 cm³/mol. The van der Waals surface area contributed by atoms with E-state index in [1.165, 1.54) is 31.4 Å². The van der Waals surface area contributed by atoms with Crippen LogP contribution in [0.3, 0.4) is 0 Å². The van der Waals surface area contributed by atoms with Crippen molar-refractivity contribution >= 4 is 23.6 Å². The van der Waals surface area contributed by atoms with E-state index in [-0.39, 0.29) is 22.7 Å². The van der Waals surface area contributed by atoms with Crippen LogP contribution in [0.2, 0.25) is 0 Å². The Labute approximate surface area is 165 Å². The van der Waals surface area contributed by atoms with E-state index in [4.69, 9.17) is 0 Å². The van der Waals surface area contributed by atoms with Gasteiger partial charge in [-0.3, -0.25) is 9.59 Å². The Morgan fingerprint density at radius 2 is 1.89 bits per heavy atom. The van der Waals surface area contributed by atoms with Gasteiger partial charge in [-0.05, 0) is 57.7 Å². The smallest absolute Gasteiger partial charge is 0.255 e. The fourth-order valence-corrected chi connectivity index (χ4v) is 5.63. The number of amides is 2. The Morgan fingerprint density at radius 1 is 1.19 bits per heavy atom. The summed E-state index contributed by atoms with van der Waals surface area (Å²) < 4.78 is 13.7. The molecule has 2 aliphatic rings. The summed E-state index contributed by atoms with van der Waals surface area (Å²) >= 11 is 1.70. The third-order valence-electron chi connectivity index (χ3n) is 5.19. The number of carbonyl (C=O) groups excluding carboxylic acids is 2. The molecule has 2 fully saturated rings. The molecular formula is C21H29FN2O2S. The highest BCUT2D eigenvalue weighted by molar-refractivity contribution is 8.00. The van der Waals surface area contributed by atoms with Gasteiger partial charge in [0.05, 0.1) is 5.37 Å². The van der Waals surface area contributed by atoms with Gasteiger partial charge in [-0.25, -0.2) is 4.39 Å². The number of hydrogen-bond donors (Lipinski definition) is 1. The summed E-state index contributed by atoms with van der Waals surface area (Å²) in [5.41, 5.74) is -0.0509. The van der Waals surface area contributed by atoms with E-state index >= 15 is 0 Å². The van der Waals surface area contributed by atoms with Crippen LogP contribution in [0.25, 0.3) is 0 Å². The van der Waals surface area contributed by atoms with Crippen LogP contribution < -0.4 is 5.32 Å². The monoisotopic (exact) mass is 392 g/mol. The second kappa shape index (κ2) is 8.21. The minimum absolute atomic E-state index is 0.0169. The highest BCUT2D eigenvalue weighted by Crippen LogP contribution is 2.41. The van der Waals surface area contributed by atoms with Crippen molar-refractivity contribution in [3.63, 3.8) is 0 Å². The molecule has 148 valence electrons. The van der Waals surface area contributed by atoms with Gasteiger partial charge < -0.3 is 10.2 Å². The van der Waals surface area contributed by atoms with Crippen molar-refractivity contribution in [2.75, 3.05) is 5.75 Å². The number of benzene rings is 1. The number of hydrogen-bond acceptors (Lipinski definition) is 3. The van der Waals surface area contributed by atoms with Crippen molar-refractivity contribution in [3.8, 4) is 0 Å². The van der Waals surface area contributed by atoms with Gasteiger partial charge in [0, 0.05) is 16.9 Å². The second-order valence-corrected chi connectivity index (χ2v) is 9.75. The van der Waals surface area contributed by atoms with Crippen LogP contribution in [0.4, 0.5) is 4.39 Å². The normalized spacial score (nSPS) is 24.1. The first-order valence-electron chi connectivity index (χ1n) is 9.78. The number of nitrogens with zero attached hydrogens (tertiary/aromatic N) is 1. The average molecular weight is 393 g/mol. The van der Waals surface area contributed by atoms with Crippen molar-refractivity contribution in [3.05, 3.63) is 35.6 Å². The Morgan fingerprint density at radius 3 is 2.52 bits per heavy atom. The van der Waals surface area contributed by atoms with E-state index in [1.54, 1.807) is 28.8 Å². The van der Waals surface area contributed by atoms with E-state index < -0.39 is 11.9 Å². The molecule has 1 aliphatic heterocycles. The SMILES string of the molecule is CC(C)(C)NC(=O)C1CSC(C2CCCCC2)N1C(=O)c1cccc(F)c1. The number of carbonyl (C=O) groups is 2. The predicted octanol–water partition coefficient (Wildman–Crippen LogP) is 4.20. The maximum atomic E-state index is 13.7. The van der Waals surface area contributed by atoms with E-state index in [0.29, 0.717) is 17.2 Å². The molecule has 1 aromatic carbocycles. The number of rotatable bonds is 3. The maximum Gasteiger partial charge on any atom is 0.255 e. The Kier molecular flexibility index (Phi) is 6.14. The standard InChI is InChI=1S/C21H29FN2O2S/c1-21(2,3)23-18(25)17-13-27-20(14-8-5-4-6-9-14)24(17)19(26)15-10-7-11-16(22)12-15/h7,10-12,14,17,20H,4-6,8-9,13H2,1-3H3,(H,23,25). The van der Waals surface area contributed by atoms with Gasteiger partial charge in [-0.15, -0.1) is 11.8 Å². The molecule has 1 saturated heterocycles. The van der Waals surface area contributed by atoms with Crippen LogP contribution in [-0.2, 0) is 4.79 Å². The lowest BCUT2D eigenvalue weighted by molar-refractivity contribution is -0.126. The van der Waals surface area contributed by atoms with E-state index in [1.807, 2.05) is 20.8 Å². The highest BCUT2D eigenvalue weighted by Gasteiger charge is 2.45. The number of nitrogens with one attached hydrogen (secondary N) is 1. The first-order chi connectivity index (χ1) is 12.8. The Balaban J connectivity index is 1.89. The fourth-order valence-electron chi connectivity index (χ4n) is 3.99. The summed E-state index contributed by atoms with van der Waals surface area (Å²) in [6, 6.07) is 5.26. The molecule has 1 N–H and O–H groups in total. The summed E-state index contributed by atoms with van der Waals surface area (Å²) in [6.45, 7) is 5.80. The molecule has 3 rings (SSSR count). The number of halogens is 1. The third kappa shape index (κ3) is 4.84. The van der Waals surface area contributed by atoms with Crippen molar-refractivity contribution in [2.24, 2.45) is 5.92 Å². The molecule has 1 heterocycles. The maximum absolute atomic E-state index is 13.7. The summed E-state index contributed by atoms with van der Waals surface area (Å²) in [6.07, 6.45) is 5.74. The molecule has 0 aromatic heterocycles. The molecule has 0 radical (unpaired) electrons. The summed E-state index contributed by atoms with van der Waals surface area (Å²) in [7, 11) is 0. The zero-order chi connectivity index (χ0) is 19.6. The van der Waals surface area contributed by atoms with E-state index in [2.05, 4.69) is 5.32 Å². The van der Waals surface area contributed by atoms with Crippen LogP contribution in [0, 0.1) is 11.7 Å². The molecule has 27 heavy (non-hydrogen) atoms. The zero-order valence-corrected chi connectivity index (χ0v) is 17.2. The molecule has 1 aliphatic carbocycles. The minimum atomic E-state index is -0.517. The van der Waals surface area contributed by atoms with Gasteiger partial charge in [0.15, 0.2) is 0 Å². The van der Waals surface area contributed by atoms with Crippen LogP contribution >= 0.6 is 11.8 Å². The molecule has 1 aromatic rings. The van der Waals surface area contributed by atoms with Crippen LogP contribution in [0.5, 0.6) is 0 Å². The summed E-state index contributed by atoms with van der Waals surface area (Å²) in [5.74, 6) is 0.179. The minimum Gasteiger partial charge on any atom is -0.350 e. The van der Waals surface area contributed by atoms with Crippen molar-refractivity contribution in [1.29, 1.82) is 0 Å². The molecule has 2 unspecified atom stereocenters. The van der Waals surface area contributed by atoms with Gasteiger partial charge in [0.25, 0.3) is 5.91 Å². The molecule has 2 amide bonds. The topological polar surface area (TPSA) is 49.4 Å². The first-order valence-corrected chi connectivity index (χ1v) is 10.8. The van der Waals surface area contributed by atoms with Crippen molar-refractivity contribution in [1.82, 2.24) is 10.2 Å². The van der Waals surface area contributed by atoms with Crippen LogP contribution in [0.15, 0.2) is 24.3 Å².